The zero-order valence-electron chi connectivity index (χ0n) is 7.00. The third kappa shape index (κ3) is 9.62. The maximum absolute atomic E-state index is 10.1. The Labute approximate surface area is 71.7 Å². The fourth-order valence-corrected chi connectivity index (χ4v) is 1.31. The Morgan fingerprint density at radius 1 is 1.64 bits per heavy atom. The van der Waals surface area contributed by atoms with Gasteiger partial charge in [-0.25, -0.2) is 4.79 Å². The molecule has 66 valence electrons. The molecule has 0 saturated heterocycles. The predicted molar refractivity (Wildman–Crippen MR) is 47.7 cm³/mol. The normalized spacial score (nSPS) is 10.1. The standard InChI is InChI=1S/C7H15NO2S/c1-6(2)11-5-3-4-10-7(8)9/h6H,3-5H2,1-2H3,(H2,8,9). The first-order chi connectivity index (χ1) is 5.13. The summed E-state index contributed by atoms with van der Waals surface area (Å²) >= 11 is 1.85. The summed E-state index contributed by atoms with van der Waals surface area (Å²) < 4.78 is 4.55. The molecule has 0 aliphatic rings. The van der Waals surface area contributed by atoms with E-state index in [4.69, 9.17) is 5.73 Å². The molecule has 1 amide bonds. The topological polar surface area (TPSA) is 52.3 Å². The first-order valence-corrected chi connectivity index (χ1v) is 4.71. The van der Waals surface area contributed by atoms with Gasteiger partial charge in [0.25, 0.3) is 0 Å². The number of nitrogens with two attached hydrogens (primary N) is 1. The number of carbonyl (C=O) groups is 1. The second-order valence-electron chi connectivity index (χ2n) is 2.44. The van der Waals surface area contributed by atoms with Crippen molar-refractivity contribution in [2.24, 2.45) is 5.73 Å². The molecule has 3 nitrogen and oxygen atoms in total. The van der Waals surface area contributed by atoms with Crippen LogP contribution in [0.4, 0.5) is 4.79 Å². The fourth-order valence-electron chi connectivity index (χ4n) is 0.551. The van der Waals surface area contributed by atoms with Crippen LogP contribution in [0.25, 0.3) is 0 Å². The number of thioether (sulfide) groups is 1. The summed E-state index contributed by atoms with van der Waals surface area (Å²) in [6.45, 7) is 4.72. The van der Waals surface area contributed by atoms with E-state index < -0.39 is 6.09 Å². The van der Waals surface area contributed by atoms with E-state index in [-0.39, 0.29) is 0 Å². The first-order valence-electron chi connectivity index (χ1n) is 3.66. The molecule has 0 fully saturated rings. The second kappa shape index (κ2) is 6.34. The molecule has 0 heterocycles. The molecule has 11 heavy (non-hydrogen) atoms. The maximum atomic E-state index is 10.1. The van der Waals surface area contributed by atoms with Gasteiger partial charge in [0.1, 0.15) is 0 Å². The minimum Gasteiger partial charge on any atom is -0.450 e. The van der Waals surface area contributed by atoms with Gasteiger partial charge in [-0.3, -0.25) is 0 Å². The lowest BCUT2D eigenvalue weighted by Crippen LogP contribution is -2.14. The molecule has 0 aromatic carbocycles. The number of primary amides is 1. The quantitative estimate of drug-likeness (QED) is 0.649. The highest BCUT2D eigenvalue weighted by molar-refractivity contribution is 7.99. The van der Waals surface area contributed by atoms with E-state index >= 15 is 0 Å². The van der Waals surface area contributed by atoms with Gasteiger partial charge < -0.3 is 10.5 Å². The van der Waals surface area contributed by atoms with Crippen LogP contribution in [0.2, 0.25) is 0 Å². The third-order valence-corrected chi connectivity index (χ3v) is 2.18. The van der Waals surface area contributed by atoms with Crippen molar-refractivity contribution < 1.29 is 9.53 Å². The largest absolute Gasteiger partial charge is 0.450 e. The summed E-state index contributed by atoms with van der Waals surface area (Å²) in [6.07, 6.45) is 0.200. The van der Waals surface area contributed by atoms with Crippen LogP contribution in [0.15, 0.2) is 0 Å². The Kier molecular flexibility index (Phi) is 6.12. The van der Waals surface area contributed by atoms with Crippen LogP contribution in [0.1, 0.15) is 20.3 Å². The average molecular weight is 177 g/mol. The molecule has 4 heteroatoms. The minimum absolute atomic E-state index is 0.440. The number of hydrogen-bond donors (Lipinski definition) is 1. The van der Waals surface area contributed by atoms with Crippen molar-refractivity contribution in [2.45, 2.75) is 25.5 Å². The second-order valence-corrected chi connectivity index (χ2v) is 4.12. The lowest BCUT2D eigenvalue weighted by atomic mass is 10.5. The summed E-state index contributed by atoms with van der Waals surface area (Å²) in [7, 11) is 0. The number of rotatable bonds is 5. The van der Waals surface area contributed by atoms with E-state index in [9.17, 15) is 4.79 Å². The van der Waals surface area contributed by atoms with Gasteiger partial charge in [0, 0.05) is 0 Å². The zero-order valence-corrected chi connectivity index (χ0v) is 7.82. The smallest absolute Gasteiger partial charge is 0.404 e. The number of amides is 1. The van der Waals surface area contributed by atoms with E-state index in [0.717, 1.165) is 12.2 Å². The van der Waals surface area contributed by atoms with Crippen LogP contribution < -0.4 is 5.73 Å². The molecule has 0 aliphatic carbocycles. The Hall–Kier alpha value is -0.380. The van der Waals surface area contributed by atoms with E-state index in [1.54, 1.807) is 0 Å². The molecule has 0 saturated carbocycles. The van der Waals surface area contributed by atoms with Crippen molar-refractivity contribution in [1.82, 2.24) is 0 Å². The Balaban J connectivity index is 2.97. The van der Waals surface area contributed by atoms with Crippen molar-refractivity contribution in [1.29, 1.82) is 0 Å². The molecule has 0 atom stereocenters. The highest BCUT2D eigenvalue weighted by Gasteiger charge is 1.95. The summed E-state index contributed by atoms with van der Waals surface area (Å²) in [5.41, 5.74) is 4.77. The van der Waals surface area contributed by atoms with Gasteiger partial charge in [0.05, 0.1) is 6.61 Å². The number of ether oxygens (including phenoxy) is 1. The van der Waals surface area contributed by atoms with Gasteiger partial charge in [0.15, 0.2) is 0 Å². The zero-order chi connectivity index (χ0) is 8.69. The van der Waals surface area contributed by atoms with Crippen LogP contribution in [0.3, 0.4) is 0 Å². The Morgan fingerprint density at radius 2 is 2.27 bits per heavy atom. The lowest BCUT2D eigenvalue weighted by Gasteiger charge is -2.03. The number of hydrogen-bond acceptors (Lipinski definition) is 3. The first kappa shape index (κ1) is 10.6. The van der Waals surface area contributed by atoms with E-state index in [1.807, 2.05) is 11.8 Å². The molecule has 0 aromatic rings. The highest BCUT2D eigenvalue weighted by Crippen LogP contribution is 2.09. The predicted octanol–water partition coefficient (Wildman–Crippen LogP) is 1.61. The molecule has 0 rings (SSSR count). The van der Waals surface area contributed by atoms with Crippen LogP contribution in [-0.4, -0.2) is 23.7 Å². The van der Waals surface area contributed by atoms with Crippen molar-refractivity contribution in [3.63, 3.8) is 0 Å². The SMILES string of the molecule is CC(C)SCCCOC(N)=O. The third-order valence-electron chi connectivity index (χ3n) is 0.984. The van der Waals surface area contributed by atoms with Crippen LogP contribution in [-0.2, 0) is 4.74 Å². The molecular formula is C7H15NO2S. The highest BCUT2D eigenvalue weighted by atomic mass is 32.2. The Bertz CT molecular complexity index is 117. The van der Waals surface area contributed by atoms with Gasteiger partial charge >= 0.3 is 6.09 Å². The minimum atomic E-state index is -0.681. The van der Waals surface area contributed by atoms with Gasteiger partial charge in [-0.05, 0) is 17.4 Å². The number of carbonyl (C=O) groups excluding carboxylic acids is 1. The van der Waals surface area contributed by atoms with E-state index in [0.29, 0.717) is 11.9 Å². The molecule has 0 aliphatic heterocycles. The molecule has 0 spiro atoms. The lowest BCUT2D eigenvalue weighted by molar-refractivity contribution is 0.157. The van der Waals surface area contributed by atoms with Gasteiger partial charge in [-0.15, -0.1) is 0 Å². The molecule has 2 N–H and O–H groups in total. The maximum Gasteiger partial charge on any atom is 0.404 e. The van der Waals surface area contributed by atoms with E-state index in [2.05, 4.69) is 18.6 Å². The summed E-state index contributed by atoms with van der Waals surface area (Å²) in [5.74, 6) is 1.02. The summed E-state index contributed by atoms with van der Waals surface area (Å²) in [6, 6.07) is 0. The molecule has 0 unspecified atom stereocenters. The molecule has 0 bridgehead atoms. The van der Waals surface area contributed by atoms with Gasteiger partial charge in [-0.1, -0.05) is 13.8 Å². The van der Waals surface area contributed by atoms with Crippen LogP contribution in [0, 0.1) is 0 Å². The fraction of sp³-hybridized carbons (Fsp3) is 0.857. The van der Waals surface area contributed by atoms with Crippen molar-refractivity contribution in [3.8, 4) is 0 Å². The van der Waals surface area contributed by atoms with Crippen molar-refractivity contribution in [3.05, 3.63) is 0 Å². The van der Waals surface area contributed by atoms with Gasteiger partial charge in [-0.2, -0.15) is 11.8 Å². The summed E-state index contributed by atoms with van der Waals surface area (Å²) in [4.78, 5) is 10.1. The van der Waals surface area contributed by atoms with Crippen LogP contribution >= 0.6 is 11.8 Å². The average Bonchev–Trinajstić information content (AvgIpc) is 1.85. The summed E-state index contributed by atoms with van der Waals surface area (Å²) in [5, 5.41) is 0.642. The molecule has 0 radical (unpaired) electrons. The molecular weight excluding hydrogens is 162 g/mol. The monoisotopic (exact) mass is 177 g/mol. The van der Waals surface area contributed by atoms with Crippen molar-refractivity contribution in [2.75, 3.05) is 12.4 Å². The van der Waals surface area contributed by atoms with Crippen LogP contribution in [0.5, 0.6) is 0 Å². The van der Waals surface area contributed by atoms with E-state index in [1.165, 1.54) is 0 Å². The Morgan fingerprint density at radius 3 is 2.73 bits per heavy atom. The van der Waals surface area contributed by atoms with Gasteiger partial charge in [0.2, 0.25) is 0 Å². The molecule has 0 aromatic heterocycles. The van der Waals surface area contributed by atoms with Crippen molar-refractivity contribution >= 4 is 17.9 Å².